The molecule has 1 amide bonds. The van der Waals surface area contributed by atoms with Crippen LogP contribution in [0.3, 0.4) is 0 Å². The van der Waals surface area contributed by atoms with Crippen molar-refractivity contribution in [1.29, 1.82) is 0 Å². The molecule has 0 aliphatic rings. The Morgan fingerprint density at radius 2 is 1.97 bits per heavy atom. The monoisotopic (exact) mass is 427 g/mol. The summed E-state index contributed by atoms with van der Waals surface area (Å²) >= 11 is 0. The maximum Gasteiger partial charge on any atom is 0.257 e. The highest BCUT2D eigenvalue weighted by atomic mass is 16.5. The molecule has 4 rings (SSSR count). The van der Waals surface area contributed by atoms with E-state index in [1.807, 2.05) is 31.2 Å². The smallest absolute Gasteiger partial charge is 0.257 e. The van der Waals surface area contributed by atoms with E-state index in [0.29, 0.717) is 34.4 Å². The number of pyridine rings is 1. The largest absolute Gasteiger partial charge is 0.495 e. The molecule has 2 N–H and O–H groups in total. The standard InChI is InChI=1S/C24H21N5O3/c1-4-21(30)26-16-8-7-9-17(13-16)29-22(31)12-15(2)18-14-25-24(28-23(18)29)27-19-10-5-6-11-20(19)32-3/h4-14H,1H2,2-3H3,(H,26,30)(H,25,27,28). The maximum absolute atomic E-state index is 13.0. The van der Waals surface area contributed by atoms with Gasteiger partial charge in [0.1, 0.15) is 5.75 Å². The lowest BCUT2D eigenvalue weighted by atomic mass is 10.2. The molecule has 0 unspecified atom stereocenters. The highest BCUT2D eigenvalue weighted by Gasteiger charge is 2.13. The third kappa shape index (κ3) is 4.06. The van der Waals surface area contributed by atoms with Crippen LogP contribution in [0.15, 0.2) is 78.2 Å². The number of nitrogens with one attached hydrogen (secondary N) is 2. The van der Waals surface area contributed by atoms with E-state index in [0.717, 1.165) is 10.9 Å². The first-order valence-corrected chi connectivity index (χ1v) is 9.83. The molecule has 0 aliphatic heterocycles. The Kier molecular flexibility index (Phi) is 5.67. The predicted octanol–water partition coefficient (Wildman–Crippen LogP) is 3.97. The lowest BCUT2D eigenvalue weighted by Gasteiger charge is -2.14. The van der Waals surface area contributed by atoms with E-state index < -0.39 is 0 Å². The summed E-state index contributed by atoms with van der Waals surface area (Å²) in [7, 11) is 1.58. The molecule has 0 fully saturated rings. The number of rotatable bonds is 6. The third-order valence-corrected chi connectivity index (χ3v) is 4.88. The number of carbonyl (C=O) groups excluding carboxylic acids is 1. The molecule has 0 saturated carbocycles. The van der Waals surface area contributed by atoms with E-state index >= 15 is 0 Å². The summed E-state index contributed by atoms with van der Waals surface area (Å²) in [6.07, 6.45) is 2.86. The van der Waals surface area contributed by atoms with Gasteiger partial charge in [-0.3, -0.25) is 14.2 Å². The van der Waals surface area contributed by atoms with Crippen molar-refractivity contribution in [3.63, 3.8) is 0 Å². The van der Waals surface area contributed by atoms with Gasteiger partial charge in [0, 0.05) is 23.3 Å². The second-order valence-electron chi connectivity index (χ2n) is 7.00. The van der Waals surface area contributed by atoms with Crippen LogP contribution < -0.4 is 20.9 Å². The molecule has 8 heteroatoms. The summed E-state index contributed by atoms with van der Waals surface area (Å²) < 4.78 is 6.86. The number of nitrogens with zero attached hydrogens (tertiary/aromatic N) is 3. The van der Waals surface area contributed by atoms with Gasteiger partial charge in [-0.05, 0) is 48.9 Å². The first kappa shape index (κ1) is 20.8. The van der Waals surface area contributed by atoms with Crippen molar-refractivity contribution in [2.24, 2.45) is 0 Å². The van der Waals surface area contributed by atoms with E-state index in [1.54, 1.807) is 37.6 Å². The molecule has 0 radical (unpaired) electrons. The Morgan fingerprint density at radius 3 is 2.75 bits per heavy atom. The zero-order valence-electron chi connectivity index (χ0n) is 17.6. The molecule has 4 aromatic rings. The summed E-state index contributed by atoms with van der Waals surface area (Å²) in [5, 5.41) is 6.59. The number of benzene rings is 2. The molecule has 8 nitrogen and oxygen atoms in total. The third-order valence-electron chi connectivity index (χ3n) is 4.88. The van der Waals surface area contributed by atoms with Gasteiger partial charge in [0.25, 0.3) is 5.56 Å². The van der Waals surface area contributed by atoms with Crippen LogP contribution in [-0.4, -0.2) is 27.6 Å². The Balaban J connectivity index is 1.85. The maximum atomic E-state index is 13.0. The molecule has 0 bridgehead atoms. The topological polar surface area (TPSA) is 98.1 Å². The van der Waals surface area contributed by atoms with Crippen LogP contribution in [0.1, 0.15) is 5.56 Å². The number of fused-ring (bicyclic) bond motifs is 1. The van der Waals surface area contributed by atoms with Crippen molar-refractivity contribution in [1.82, 2.24) is 14.5 Å². The van der Waals surface area contributed by atoms with Crippen LogP contribution in [0.25, 0.3) is 16.7 Å². The van der Waals surface area contributed by atoms with Gasteiger partial charge in [-0.25, -0.2) is 4.98 Å². The van der Waals surface area contributed by atoms with E-state index in [-0.39, 0.29) is 11.5 Å². The molecule has 2 aromatic carbocycles. The summed E-state index contributed by atoms with van der Waals surface area (Å²) in [5.41, 5.74) is 2.75. The van der Waals surface area contributed by atoms with Crippen LogP contribution >= 0.6 is 0 Å². The van der Waals surface area contributed by atoms with Gasteiger partial charge in [0.05, 0.1) is 18.5 Å². The molecular weight excluding hydrogens is 406 g/mol. The van der Waals surface area contributed by atoms with Crippen LogP contribution in [0.5, 0.6) is 5.75 Å². The second kappa shape index (κ2) is 8.73. The number of methoxy groups -OCH3 is 1. The second-order valence-corrected chi connectivity index (χ2v) is 7.00. The molecule has 2 heterocycles. The summed E-state index contributed by atoms with van der Waals surface area (Å²) in [6, 6.07) is 15.9. The molecule has 2 aromatic heterocycles. The number of ether oxygens (including phenoxy) is 1. The Bertz CT molecular complexity index is 1390. The summed E-state index contributed by atoms with van der Waals surface area (Å²) in [5.74, 6) is 0.620. The Hall–Kier alpha value is -4.46. The summed E-state index contributed by atoms with van der Waals surface area (Å²) in [4.78, 5) is 33.7. The van der Waals surface area contributed by atoms with Crippen LogP contribution in [0, 0.1) is 6.92 Å². The molecular formula is C24H21N5O3. The molecule has 0 saturated heterocycles. The van der Waals surface area contributed by atoms with Gasteiger partial charge < -0.3 is 15.4 Å². The zero-order chi connectivity index (χ0) is 22.7. The minimum absolute atomic E-state index is 0.246. The minimum atomic E-state index is -0.339. The van der Waals surface area contributed by atoms with Crippen molar-refractivity contribution >= 4 is 34.3 Å². The van der Waals surface area contributed by atoms with E-state index in [2.05, 4.69) is 27.2 Å². The van der Waals surface area contributed by atoms with Gasteiger partial charge in [-0.2, -0.15) is 4.98 Å². The van der Waals surface area contributed by atoms with Crippen molar-refractivity contribution in [2.75, 3.05) is 17.7 Å². The van der Waals surface area contributed by atoms with E-state index in [4.69, 9.17) is 4.74 Å². The van der Waals surface area contributed by atoms with Crippen LogP contribution in [0.2, 0.25) is 0 Å². The van der Waals surface area contributed by atoms with Crippen molar-refractivity contribution in [3.8, 4) is 11.4 Å². The summed E-state index contributed by atoms with van der Waals surface area (Å²) in [6.45, 7) is 5.30. The number of carbonyl (C=O) groups is 1. The lowest BCUT2D eigenvalue weighted by molar-refractivity contribution is -0.111. The Labute approximate surface area is 184 Å². The highest BCUT2D eigenvalue weighted by Crippen LogP contribution is 2.27. The molecule has 160 valence electrons. The van der Waals surface area contributed by atoms with Crippen molar-refractivity contribution in [2.45, 2.75) is 6.92 Å². The fourth-order valence-electron chi connectivity index (χ4n) is 3.35. The van der Waals surface area contributed by atoms with Gasteiger partial charge >= 0.3 is 0 Å². The van der Waals surface area contributed by atoms with Gasteiger partial charge in [-0.15, -0.1) is 0 Å². The van der Waals surface area contributed by atoms with Gasteiger partial charge in [-0.1, -0.05) is 24.8 Å². The number of aryl methyl sites for hydroxylation is 1. The van der Waals surface area contributed by atoms with E-state index in [1.165, 1.54) is 16.7 Å². The fourth-order valence-corrected chi connectivity index (χ4v) is 3.35. The number of amides is 1. The number of para-hydroxylation sites is 2. The average Bonchev–Trinajstić information content (AvgIpc) is 2.79. The number of hydrogen-bond donors (Lipinski definition) is 2. The SMILES string of the molecule is C=CC(=O)Nc1cccc(-n2c(=O)cc(C)c3cnc(Nc4ccccc4OC)nc32)c1. The zero-order valence-corrected chi connectivity index (χ0v) is 17.6. The van der Waals surface area contributed by atoms with Gasteiger partial charge in [0.15, 0.2) is 5.65 Å². The highest BCUT2D eigenvalue weighted by molar-refractivity contribution is 5.99. The van der Waals surface area contributed by atoms with Crippen molar-refractivity contribution < 1.29 is 9.53 Å². The van der Waals surface area contributed by atoms with Gasteiger partial charge in [0.2, 0.25) is 11.9 Å². The van der Waals surface area contributed by atoms with Crippen molar-refractivity contribution in [3.05, 3.63) is 89.4 Å². The predicted molar refractivity (Wildman–Crippen MR) is 125 cm³/mol. The lowest BCUT2D eigenvalue weighted by Crippen LogP contribution is -2.20. The molecule has 0 atom stereocenters. The quantitative estimate of drug-likeness (QED) is 0.452. The first-order chi connectivity index (χ1) is 15.5. The Morgan fingerprint density at radius 1 is 1.16 bits per heavy atom. The molecule has 0 aliphatic carbocycles. The number of hydrogen-bond acceptors (Lipinski definition) is 6. The number of anilines is 3. The normalized spacial score (nSPS) is 10.6. The van der Waals surface area contributed by atoms with E-state index in [9.17, 15) is 9.59 Å². The number of aromatic nitrogens is 3. The average molecular weight is 427 g/mol. The first-order valence-electron chi connectivity index (χ1n) is 9.83. The van der Waals surface area contributed by atoms with Crippen LogP contribution in [0.4, 0.5) is 17.3 Å². The molecule has 32 heavy (non-hydrogen) atoms. The minimum Gasteiger partial charge on any atom is -0.495 e. The van der Waals surface area contributed by atoms with Crippen LogP contribution in [-0.2, 0) is 4.79 Å². The fraction of sp³-hybridized carbons (Fsp3) is 0.0833. The molecule has 0 spiro atoms.